The summed E-state index contributed by atoms with van der Waals surface area (Å²) in [6.07, 6.45) is 5.24. The maximum absolute atomic E-state index is 5.56. The fourth-order valence-electron chi connectivity index (χ4n) is 4.03. The van der Waals surface area contributed by atoms with Gasteiger partial charge in [0.05, 0.1) is 19.8 Å². The van der Waals surface area contributed by atoms with Crippen molar-refractivity contribution in [3.8, 4) is 0 Å². The van der Waals surface area contributed by atoms with Crippen LogP contribution in [0.25, 0.3) is 0 Å². The Bertz CT molecular complexity index is 416. The van der Waals surface area contributed by atoms with Gasteiger partial charge >= 0.3 is 0 Å². The Balaban J connectivity index is 1.51. The van der Waals surface area contributed by atoms with Crippen molar-refractivity contribution in [3.05, 3.63) is 35.4 Å². The molecular formula is C18H27NO2. The molecule has 1 fully saturated rings. The third-order valence-corrected chi connectivity index (χ3v) is 5.06. The fraction of sp³-hybridized carbons (Fsp3) is 0.667. The molecule has 2 atom stereocenters. The number of rotatable bonds is 7. The van der Waals surface area contributed by atoms with Crippen molar-refractivity contribution < 1.29 is 9.47 Å². The lowest BCUT2D eigenvalue weighted by atomic mass is 9.94. The normalized spacial score (nSPS) is 27.4. The van der Waals surface area contributed by atoms with E-state index >= 15 is 0 Å². The molecule has 21 heavy (non-hydrogen) atoms. The summed E-state index contributed by atoms with van der Waals surface area (Å²) >= 11 is 0. The van der Waals surface area contributed by atoms with E-state index in [2.05, 4.69) is 29.6 Å². The van der Waals surface area contributed by atoms with Gasteiger partial charge in [-0.15, -0.1) is 0 Å². The molecule has 3 rings (SSSR count). The Morgan fingerprint density at radius 1 is 1.00 bits per heavy atom. The lowest BCUT2D eigenvalue weighted by Gasteiger charge is -2.23. The molecule has 0 amide bonds. The third kappa shape index (κ3) is 3.65. The minimum absolute atomic E-state index is 0.670. The first kappa shape index (κ1) is 15.0. The highest BCUT2D eigenvalue weighted by atomic mass is 16.5. The Morgan fingerprint density at radius 2 is 1.67 bits per heavy atom. The van der Waals surface area contributed by atoms with Gasteiger partial charge in [0.15, 0.2) is 0 Å². The van der Waals surface area contributed by atoms with E-state index in [0.29, 0.717) is 19.3 Å². The van der Waals surface area contributed by atoms with Crippen LogP contribution in [0.5, 0.6) is 0 Å². The topological polar surface area (TPSA) is 30.5 Å². The second kappa shape index (κ2) is 7.39. The van der Waals surface area contributed by atoms with Gasteiger partial charge < -0.3 is 14.8 Å². The van der Waals surface area contributed by atoms with Gasteiger partial charge in [-0.3, -0.25) is 0 Å². The van der Waals surface area contributed by atoms with Gasteiger partial charge in [0.2, 0.25) is 0 Å². The van der Waals surface area contributed by atoms with Crippen LogP contribution in [-0.4, -0.2) is 39.5 Å². The smallest absolute Gasteiger partial charge is 0.0700 e. The van der Waals surface area contributed by atoms with E-state index < -0.39 is 0 Å². The van der Waals surface area contributed by atoms with E-state index in [1.54, 1.807) is 18.2 Å². The number of hydrogen-bond acceptors (Lipinski definition) is 3. The molecule has 2 aliphatic carbocycles. The molecule has 2 bridgehead atoms. The summed E-state index contributed by atoms with van der Waals surface area (Å²) < 4.78 is 10.6. The molecule has 0 spiro atoms. The van der Waals surface area contributed by atoms with Crippen molar-refractivity contribution in [2.75, 3.05) is 33.5 Å². The lowest BCUT2D eigenvalue weighted by Crippen LogP contribution is -2.39. The molecular weight excluding hydrogens is 262 g/mol. The van der Waals surface area contributed by atoms with Crippen molar-refractivity contribution in [2.24, 2.45) is 11.8 Å². The summed E-state index contributed by atoms with van der Waals surface area (Å²) in [6, 6.07) is 9.68. The largest absolute Gasteiger partial charge is 0.382 e. The Kier molecular flexibility index (Phi) is 5.28. The van der Waals surface area contributed by atoms with Gasteiger partial charge in [-0.1, -0.05) is 24.3 Å². The van der Waals surface area contributed by atoms with Crippen LogP contribution in [0, 0.1) is 11.8 Å². The SMILES string of the molecule is COCCOCCNC1[C@H]2CC[C@H]1Cc1ccccc1C2. The van der Waals surface area contributed by atoms with Crippen LogP contribution < -0.4 is 5.32 Å². The van der Waals surface area contributed by atoms with Gasteiger partial charge in [0.1, 0.15) is 0 Å². The average Bonchev–Trinajstić information content (AvgIpc) is 2.77. The number of nitrogens with one attached hydrogen (secondary N) is 1. The van der Waals surface area contributed by atoms with Crippen molar-refractivity contribution in [2.45, 2.75) is 31.7 Å². The van der Waals surface area contributed by atoms with E-state index in [1.165, 1.54) is 25.7 Å². The minimum Gasteiger partial charge on any atom is -0.382 e. The first-order valence-electron chi connectivity index (χ1n) is 8.25. The molecule has 1 saturated carbocycles. The quantitative estimate of drug-likeness (QED) is 0.782. The second-order valence-electron chi connectivity index (χ2n) is 6.36. The summed E-state index contributed by atoms with van der Waals surface area (Å²) in [7, 11) is 1.71. The maximum Gasteiger partial charge on any atom is 0.0700 e. The molecule has 0 saturated heterocycles. The molecule has 116 valence electrons. The summed E-state index contributed by atoms with van der Waals surface area (Å²) in [4.78, 5) is 0. The van der Waals surface area contributed by atoms with Crippen molar-refractivity contribution in [1.29, 1.82) is 0 Å². The van der Waals surface area contributed by atoms with Gasteiger partial charge in [0.25, 0.3) is 0 Å². The fourth-order valence-corrected chi connectivity index (χ4v) is 4.03. The molecule has 1 aromatic carbocycles. The van der Waals surface area contributed by atoms with Crippen LogP contribution in [0.4, 0.5) is 0 Å². The van der Waals surface area contributed by atoms with E-state index in [4.69, 9.17) is 9.47 Å². The molecule has 0 aromatic heterocycles. The first-order valence-corrected chi connectivity index (χ1v) is 8.25. The van der Waals surface area contributed by atoms with Crippen LogP contribution >= 0.6 is 0 Å². The van der Waals surface area contributed by atoms with Crippen molar-refractivity contribution >= 4 is 0 Å². The number of methoxy groups -OCH3 is 1. The maximum atomic E-state index is 5.56. The zero-order valence-corrected chi connectivity index (χ0v) is 13.0. The Hall–Kier alpha value is -0.900. The summed E-state index contributed by atoms with van der Waals surface area (Å²) in [5, 5.41) is 3.77. The zero-order valence-electron chi connectivity index (χ0n) is 13.0. The molecule has 1 N–H and O–H groups in total. The van der Waals surface area contributed by atoms with Crippen LogP contribution in [-0.2, 0) is 22.3 Å². The van der Waals surface area contributed by atoms with Gasteiger partial charge in [-0.05, 0) is 48.6 Å². The molecule has 0 aliphatic heterocycles. The highest BCUT2D eigenvalue weighted by molar-refractivity contribution is 5.30. The molecule has 3 heteroatoms. The lowest BCUT2D eigenvalue weighted by molar-refractivity contribution is 0.0699. The summed E-state index contributed by atoms with van der Waals surface area (Å²) in [5.41, 5.74) is 3.15. The van der Waals surface area contributed by atoms with E-state index in [-0.39, 0.29) is 0 Å². The van der Waals surface area contributed by atoms with E-state index in [9.17, 15) is 0 Å². The Labute approximate surface area is 128 Å². The van der Waals surface area contributed by atoms with Crippen LogP contribution in [0.2, 0.25) is 0 Å². The van der Waals surface area contributed by atoms with Gasteiger partial charge in [-0.2, -0.15) is 0 Å². The minimum atomic E-state index is 0.670. The van der Waals surface area contributed by atoms with Gasteiger partial charge in [0, 0.05) is 19.7 Å². The predicted molar refractivity (Wildman–Crippen MR) is 84.5 cm³/mol. The molecule has 2 aliphatic rings. The van der Waals surface area contributed by atoms with Crippen LogP contribution in [0.15, 0.2) is 24.3 Å². The number of fused-ring (bicyclic) bond motifs is 3. The first-order chi connectivity index (χ1) is 10.4. The molecule has 0 unspecified atom stereocenters. The van der Waals surface area contributed by atoms with Crippen LogP contribution in [0.3, 0.4) is 0 Å². The van der Waals surface area contributed by atoms with Gasteiger partial charge in [-0.25, -0.2) is 0 Å². The third-order valence-electron chi connectivity index (χ3n) is 5.06. The standard InChI is InChI=1S/C18H27NO2/c1-20-10-11-21-9-8-19-18-16-6-7-17(18)13-15-5-3-2-4-14(15)12-16/h2-5,16-19H,6-13H2,1H3/t16-,17-/m0/s1. The molecule has 0 radical (unpaired) electrons. The highest BCUT2D eigenvalue weighted by Crippen LogP contribution is 2.39. The monoisotopic (exact) mass is 289 g/mol. The summed E-state index contributed by atoms with van der Waals surface area (Å²) in [6.45, 7) is 3.12. The number of hydrogen-bond donors (Lipinski definition) is 1. The number of benzene rings is 1. The predicted octanol–water partition coefficient (Wildman–Crippen LogP) is 2.43. The second-order valence-corrected chi connectivity index (χ2v) is 6.36. The van der Waals surface area contributed by atoms with Crippen molar-refractivity contribution in [1.82, 2.24) is 5.32 Å². The average molecular weight is 289 g/mol. The molecule has 3 nitrogen and oxygen atoms in total. The molecule has 1 aromatic rings. The zero-order chi connectivity index (χ0) is 14.5. The molecule has 0 heterocycles. The van der Waals surface area contributed by atoms with E-state index in [1.807, 2.05) is 0 Å². The number of ether oxygens (including phenoxy) is 2. The van der Waals surface area contributed by atoms with Crippen LogP contribution in [0.1, 0.15) is 24.0 Å². The Morgan fingerprint density at radius 3 is 2.29 bits per heavy atom. The summed E-state index contributed by atoms with van der Waals surface area (Å²) in [5.74, 6) is 1.61. The highest BCUT2D eigenvalue weighted by Gasteiger charge is 2.38. The van der Waals surface area contributed by atoms with Crippen molar-refractivity contribution in [3.63, 3.8) is 0 Å². The van der Waals surface area contributed by atoms with E-state index in [0.717, 1.165) is 25.0 Å².